The molecule has 1 aromatic rings. The highest BCUT2D eigenvalue weighted by molar-refractivity contribution is 5.93. The van der Waals surface area contributed by atoms with E-state index >= 15 is 0 Å². The van der Waals surface area contributed by atoms with Crippen molar-refractivity contribution in [1.29, 1.82) is 0 Å². The number of hydrogen-bond donors (Lipinski definition) is 3. The molecule has 0 bridgehead atoms. The molecule has 0 aromatic heterocycles. The van der Waals surface area contributed by atoms with Crippen LogP contribution in [0, 0.1) is 0 Å². The summed E-state index contributed by atoms with van der Waals surface area (Å²) in [4.78, 5) is 23.5. The van der Waals surface area contributed by atoms with Gasteiger partial charge in [-0.25, -0.2) is 0 Å². The molecule has 18 heavy (non-hydrogen) atoms. The van der Waals surface area contributed by atoms with Crippen LogP contribution in [0.25, 0.3) is 0 Å². The maximum absolute atomic E-state index is 12.2. The Morgan fingerprint density at radius 2 is 2.17 bits per heavy atom. The molecule has 1 fully saturated rings. The van der Waals surface area contributed by atoms with Crippen molar-refractivity contribution < 1.29 is 9.59 Å². The minimum absolute atomic E-state index is 0.0162. The quantitative estimate of drug-likeness (QED) is 0.618. The van der Waals surface area contributed by atoms with Gasteiger partial charge in [-0.15, -0.1) is 0 Å². The molecule has 1 aromatic carbocycles. The highest BCUT2D eigenvalue weighted by atomic mass is 16.2. The maximum Gasteiger partial charge on any atom is 0.234 e. The maximum atomic E-state index is 12.2. The first kappa shape index (κ1) is 11.2. The Morgan fingerprint density at radius 1 is 1.39 bits per heavy atom. The van der Waals surface area contributed by atoms with Gasteiger partial charge in [-0.05, 0) is 17.5 Å². The molecule has 3 rings (SSSR count). The second kappa shape index (κ2) is 3.81. The smallest absolute Gasteiger partial charge is 0.234 e. The van der Waals surface area contributed by atoms with E-state index in [4.69, 9.17) is 5.73 Å². The van der Waals surface area contributed by atoms with Crippen LogP contribution in [0.4, 0.5) is 0 Å². The molecule has 0 aliphatic carbocycles. The van der Waals surface area contributed by atoms with Gasteiger partial charge in [0.25, 0.3) is 0 Å². The van der Waals surface area contributed by atoms with Crippen LogP contribution in [0.3, 0.4) is 0 Å². The Bertz CT molecular complexity index is 529. The van der Waals surface area contributed by atoms with Crippen molar-refractivity contribution >= 4 is 11.8 Å². The van der Waals surface area contributed by atoms with Crippen LogP contribution in [0.1, 0.15) is 17.5 Å². The first-order chi connectivity index (χ1) is 8.63. The summed E-state index contributed by atoms with van der Waals surface area (Å²) in [7, 11) is 0. The summed E-state index contributed by atoms with van der Waals surface area (Å²) < 4.78 is 0. The van der Waals surface area contributed by atoms with Gasteiger partial charge in [0, 0.05) is 13.1 Å². The Balaban J connectivity index is 2.06. The summed E-state index contributed by atoms with van der Waals surface area (Å²) in [5.74, 6) is -0.417. The Labute approximate surface area is 105 Å². The molecular weight excluding hydrogens is 230 g/mol. The highest BCUT2D eigenvalue weighted by Crippen LogP contribution is 2.38. The van der Waals surface area contributed by atoms with Crippen LogP contribution < -0.4 is 16.4 Å². The summed E-state index contributed by atoms with van der Waals surface area (Å²) in [5.41, 5.74) is 6.81. The number of rotatable bonds is 1. The summed E-state index contributed by atoms with van der Waals surface area (Å²) in [6.07, 6.45) is 0.436. The zero-order chi connectivity index (χ0) is 12.8. The molecule has 5 nitrogen and oxygen atoms in total. The number of hydrogen-bond acceptors (Lipinski definition) is 3. The third kappa shape index (κ3) is 1.44. The average molecular weight is 245 g/mol. The largest absolute Gasteiger partial charge is 0.368 e. The lowest BCUT2D eigenvalue weighted by Crippen LogP contribution is -2.50. The number of nitrogens with one attached hydrogen (secondary N) is 2. The second-order valence-corrected chi connectivity index (χ2v) is 4.96. The zero-order valence-electron chi connectivity index (χ0n) is 9.90. The van der Waals surface area contributed by atoms with Gasteiger partial charge in [-0.2, -0.15) is 0 Å². The van der Waals surface area contributed by atoms with Crippen molar-refractivity contribution in [3.8, 4) is 0 Å². The van der Waals surface area contributed by atoms with Gasteiger partial charge in [0.1, 0.15) is 0 Å². The van der Waals surface area contributed by atoms with E-state index < -0.39 is 17.4 Å². The summed E-state index contributed by atoms with van der Waals surface area (Å²) >= 11 is 0. The van der Waals surface area contributed by atoms with Crippen molar-refractivity contribution in [2.45, 2.75) is 24.4 Å². The molecule has 2 amide bonds. The molecule has 2 aliphatic rings. The zero-order valence-corrected chi connectivity index (χ0v) is 9.90. The van der Waals surface area contributed by atoms with Crippen molar-refractivity contribution in [3.63, 3.8) is 0 Å². The predicted molar refractivity (Wildman–Crippen MR) is 65.6 cm³/mol. The van der Waals surface area contributed by atoms with Crippen molar-refractivity contribution in [3.05, 3.63) is 35.4 Å². The predicted octanol–water partition coefficient (Wildman–Crippen LogP) is -0.599. The number of nitrogens with two attached hydrogens (primary N) is 1. The summed E-state index contributed by atoms with van der Waals surface area (Å²) in [6.45, 7) is 1.02. The van der Waals surface area contributed by atoms with E-state index in [0.717, 1.165) is 11.1 Å². The normalized spacial score (nSPS) is 30.0. The first-order valence-corrected chi connectivity index (χ1v) is 6.03. The summed E-state index contributed by atoms with van der Waals surface area (Å²) in [6, 6.07) is 7.43. The minimum atomic E-state index is -0.644. The van der Waals surface area contributed by atoms with E-state index in [0.29, 0.717) is 19.5 Å². The lowest BCUT2D eigenvalue weighted by molar-refractivity contribution is -0.127. The molecule has 1 saturated heterocycles. The van der Waals surface area contributed by atoms with Crippen LogP contribution >= 0.6 is 0 Å². The first-order valence-electron chi connectivity index (χ1n) is 6.03. The van der Waals surface area contributed by atoms with E-state index in [1.54, 1.807) is 0 Å². The molecule has 2 heterocycles. The Kier molecular flexibility index (Phi) is 2.38. The van der Waals surface area contributed by atoms with Gasteiger partial charge in [0.05, 0.1) is 11.5 Å². The number of fused-ring (bicyclic) bond motifs is 2. The van der Waals surface area contributed by atoms with E-state index in [-0.39, 0.29) is 5.91 Å². The molecular formula is C13H15N3O2. The SMILES string of the molecule is NC(=O)C1CC2(CN1)C(=O)NCc1ccccc12. The highest BCUT2D eigenvalue weighted by Gasteiger charge is 2.50. The number of carbonyl (C=O) groups is 2. The molecule has 0 radical (unpaired) electrons. The van der Waals surface area contributed by atoms with Crippen molar-refractivity contribution in [2.24, 2.45) is 5.73 Å². The van der Waals surface area contributed by atoms with Crippen LogP contribution in [-0.2, 0) is 21.5 Å². The topological polar surface area (TPSA) is 84.2 Å². The Morgan fingerprint density at radius 3 is 2.89 bits per heavy atom. The third-order valence-corrected chi connectivity index (χ3v) is 3.95. The van der Waals surface area contributed by atoms with Crippen molar-refractivity contribution in [1.82, 2.24) is 10.6 Å². The lowest BCUT2D eigenvalue weighted by atomic mass is 9.73. The second-order valence-electron chi connectivity index (χ2n) is 4.96. The number of benzene rings is 1. The average Bonchev–Trinajstić information content (AvgIpc) is 2.81. The van der Waals surface area contributed by atoms with Gasteiger partial charge in [-0.3, -0.25) is 9.59 Å². The lowest BCUT2D eigenvalue weighted by Gasteiger charge is -2.34. The third-order valence-electron chi connectivity index (χ3n) is 3.95. The van der Waals surface area contributed by atoms with Crippen LogP contribution in [0.2, 0.25) is 0 Å². The van der Waals surface area contributed by atoms with Gasteiger partial charge in [-0.1, -0.05) is 24.3 Å². The molecule has 2 unspecified atom stereocenters. The summed E-state index contributed by atoms with van der Waals surface area (Å²) in [5, 5.41) is 5.95. The molecule has 0 saturated carbocycles. The number of primary amides is 1. The molecule has 1 spiro atoms. The fourth-order valence-corrected chi connectivity index (χ4v) is 2.98. The molecule has 2 atom stereocenters. The van der Waals surface area contributed by atoms with Crippen molar-refractivity contribution in [2.75, 3.05) is 6.54 Å². The van der Waals surface area contributed by atoms with Gasteiger partial charge >= 0.3 is 0 Å². The fraction of sp³-hybridized carbons (Fsp3) is 0.385. The fourth-order valence-electron chi connectivity index (χ4n) is 2.98. The van der Waals surface area contributed by atoms with E-state index in [1.807, 2.05) is 24.3 Å². The monoisotopic (exact) mass is 245 g/mol. The van der Waals surface area contributed by atoms with E-state index in [1.165, 1.54) is 0 Å². The van der Waals surface area contributed by atoms with Gasteiger partial charge in [0.15, 0.2) is 0 Å². The van der Waals surface area contributed by atoms with E-state index in [2.05, 4.69) is 10.6 Å². The van der Waals surface area contributed by atoms with E-state index in [9.17, 15) is 9.59 Å². The van der Waals surface area contributed by atoms with Gasteiger partial charge in [0.2, 0.25) is 11.8 Å². The van der Waals surface area contributed by atoms with Crippen LogP contribution in [-0.4, -0.2) is 24.4 Å². The van der Waals surface area contributed by atoms with Crippen LogP contribution in [0.15, 0.2) is 24.3 Å². The molecule has 5 heteroatoms. The minimum Gasteiger partial charge on any atom is -0.368 e. The van der Waals surface area contributed by atoms with Gasteiger partial charge < -0.3 is 16.4 Å². The molecule has 4 N–H and O–H groups in total. The Hall–Kier alpha value is -1.88. The number of carbonyl (C=O) groups excluding carboxylic acids is 2. The molecule has 2 aliphatic heterocycles. The standard InChI is InChI=1S/C13H15N3O2/c14-11(17)10-5-13(7-16-10)9-4-2-1-3-8(9)6-15-12(13)18/h1-4,10,16H,5-7H2,(H2,14,17)(H,15,18). The molecule has 94 valence electrons. The van der Waals surface area contributed by atoms with Crippen LogP contribution in [0.5, 0.6) is 0 Å². The number of amides is 2.